The van der Waals surface area contributed by atoms with Gasteiger partial charge in [-0.2, -0.15) is 0 Å². The molecule has 0 aromatic heterocycles. The van der Waals surface area contributed by atoms with E-state index in [0.717, 1.165) is 5.56 Å². The summed E-state index contributed by atoms with van der Waals surface area (Å²) in [5.74, 6) is 1.74. The molecule has 0 aliphatic heterocycles. The summed E-state index contributed by atoms with van der Waals surface area (Å²) in [7, 11) is 6.76. The smallest absolute Gasteiger partial charge is 0.493 e. The van der Waals surface area contributed by atoms with E-state index in [4.69, 9.17) is 27.5 Å². The van der Waals surface area contributed by atoms with Crippen molar-refractivity contribution in [2.45, 2.75) is 6.04 Å². The lowest BCUT2D eigenvalue weighted by atomic mass is 10.2. The lowest BCUT2D eigenvalue weighted by Gasteiger charge is -2.25. The molecule has 0 saturated carbocycles. The van der Waals surface area contributed by atoms with Crippen molar-refractivity contribution in [3.05, 3.63) is 17.7 Å². The highest BCUT2D eigenvalue weighted by atomic mass is 28.4. The average Bonchev–Trinajstić information content (AvgIpc) is 2.51. The third-order valence-corrected chi connectivity index (χ3v) is 5.79. The van der Waals surface area contributed by atoms with E-state index >= 15 is 0 Å². The van der Waals surface area contributed by atoms with Gasteiger partial charge in [0, 0.05) is 27.4 Å². The maximum Gasteiger partial charge on any atom is 0.504 e. The molecule has 0 aliphatic rings. The molecule has 0 saturated heterocycles. The monoisotopic (exact) mass is 302 g/mol. The predicted molar refractivity (Wildman–Crippen MR) is 76.6 cm³/mol. The van der Waals surface area contributed by atoms with Crippen molar-refractivity contribution < 1.29 is 27.5 Å². The third kappa shape index (κ3) is 3.43. The molecule has 0 unspecified atom stereocenters. The average molecular weight is 302 g/mol. The standard InChI is InChI=1S/C13H22O6Si/c1-14-11-7-10(8-12(15-2)13(11)16-3)9-20(17-4,18-5)19-6/h7-8H,9H2,1-6H3. The summed E-state index contributed by atoms with van der Waals surface area (Å²) >= 11 is 0. The summed E-state index contributed by atoms with van der Waals surface area (Å²) in [6.45, 7) is 0. The van der Waals surface area contributed by atoms with Gasteiger partial charge in [0.05, 0.1) is 21.3 Å². The highest BCUT2D eigenvalue weighted by molar-refractivity contribution is 6.60. The predicted octanol–water partition coefficient (Wildman–Crippen LogP) is 1.67. The van der Waals surface area contributed by atoms with Crippen LogP contribution in [0.5, 0.6) is 17.2 Å². The Morgan fingerprint density at radius 3 is 1.50 bits per heavy atom. The van der Waals surface area contributed by atoms with Gasteiger partial charge in [-0.05, 0) is 17.7 Å². The summed E-state index contributed by atoms with van der Waals surface area (Å²) in [6.07, 6.45) is 0. The number of hydrogen-bond acceptors (Lipinski definition) is 6. The quantitative estimate of drug-likeness (QED) is 0.681. The molecule has 20 heavy (non-hydrogen) atoms. The van der Waals surface area contributed by atoms with Gasteiger partial charge in [-0.15, -0.1) is 0 Å². The molecule has 0 bridgehead atoms. The highest BCUT2D eigenvalue weighted by Crippen LogP contribution is 2.38. The van der Waals surface area contributed by atoms with Crippen LogP contribution in [0.1, 0.15) is 5.56 Å². The van der Waals surface area contributed by atoms with Gasteiger partial charge < -0.3 is 27.5 Å². The number of rotatable bonds is 8. The van der Waals surface area contributed by atoms with Gasteiger partial charge in [0.1, 0.15) is 0 Å². The van der Waals surface area contributed by atoms with Crippen LogP contribution >= 0.6 is 0 Å². The van der Waals surface area contributed by atoms with Gasteiger partial charge in [0.25, 0.3) is 0 Å². The fourth-order valence-corrected chi connectivity index (χ4v) is 3.59. The number of hydrogen-bond donors (Lipinski definition) is 0. The Labute approximate surface area is 120 Å². The molecule has 1 rings (SSSR count). The Morgan fingerprint density at radius 1 is 0.750 bits per heavy atom. The molecule has 1 aromatic carbocycles. The molecule has 0 amide bonds. The minimum absolute atomic E-state index is 0.507. The van der Waals surface area contributed by atoms with Gasteiger partial charge in [0.2, 0.25) is 5.75 Å². The molecule has 1 aromatic rings. The van der Waals surface area contributed by atoms with Crippen molar-refractivity contribution >= 4 is 8.80 Å². The summed E-state index contributed by atoms with van der Waals surface area (Å²) in [5, 5.41) is 0. The summed E-state index contributed by atoms with van der Waals surface area (Å²) in [5.41, 5.74) is 0.928. The van der Waals surface area contributed by atoms with Gasteiger partial charge in [-0.25, -0.2) is 0 Å². The second-order valence-corrected chi connectivity index (χ2v) is 6.95. The van der Waals surface area contributed by atoms with Crippen molar-refractivity contribution in [2.75, 3.05) is 42.7 Å². The molecule has 114 valence electrons. The van der Waals surface area contributed by atoms with E-state index in [1.54, 1.807) is 42.7 Å². The van der Waals surface area contributed by atoms with E-state index in [-0.39, 0.29) is 0 Å². The van der Waals surface area contributed by atoms with Gasteiger partial charge >= 0.3 is 8.80 Å². The summed E-state index contributed by atoms with van der Waals surface area (Å²) < 4.78 is 32.2. The van der Waals surface area contributed by atoms with Crippen molar-refractivity contribution in [3.63, 3.8) is 0 Å². The van der Waals surface area contributed by atoms with E-state index in [9.17, 15) is 0 Å². The minimum atomic E-state index is -2.71. The second kappa shape index (κ2) is 7.49. The zero-order valence-corrected chi connectivity index (χ0v) is 13.8. The van der Waals surface area contributed by atoms with E-state index in [2.05, 4.69) is 0 Å². The molecule has 7 heteroatoms. The molecule has 6 nitrogen and oxygen atoms in total. The Morgan fingerprint density at radius 2 is 1.20 bits per heavy atom. The minimum Gasteiger partial charge on any atom is -0.493 e. The van der Waals surface area contributed by atoms with Crippen LogP contribution in [-0.4, -0.2) is 51.5 Å². The Kier molecular flexibility index (Phi) is 6.28. The highest BCUT2D eigenvalue weighted by Gasteiger charge is 2.38. The summed E-state index contributed by atoms with van der Waals surface area (Å²) in [4.78, 5) is 0. The van der Waals surface area contributed by atoms with Crippen LogP contribution in [0.2, 0.25) is 0 Å². The fourth-order valence-electron chi connectivity index (χ4n) is 1.95. The van der Waals surface area contributed by atoms with Crippen LogP contribution < -0.4 is 14.2 Å². The van der Waals surface area contributed by atoms with Crippen LogP contribution in [0.25, 0.3) is 0 Å². The van der Waals surface area contributed by atoms with Crippen LogP contribution in [-0.2, 0) is 19.3 Å². The zero-order chi connectivity index (χ0) is 15.2. The van der Waals surface area contributed by atoms with Crippen molar-refractivity contribution in [3.8, 4) is 17.2 Å². The molecule has 0 N–H and O–H groups in total. The number of methoxy groups -OCH3 is 3. The van der Waals surface area contributed by atoms with Crippen molar-refractivity contribution in [1.82, 2.24) is 0 Å². The first-order valence-corrected chi connectivity index (χ1v) is 7.97. The van der Waals surface area contributed by atoms with Crippen LogP contribution in [0, 0.1) is 0 Å². The fraction of sp³-hybridized carbons (Fsp3) is 0.538. The maximum atomic E-state index is 5.43. The molecule has 0 heterocycles. The van der Waals surface area contributed by atoms with E-state index in [1.165, 1.54) is 0 Å². The second-order valence-electron chi connectivity index (χ2n) is 4.01. The zero-order valence-electron chi connectivity index (χ0n) is 12.8. The molecule has 0 radical (unpaired) electrons. The normalized spacial score (nSPS) is 11.3. The van der Waals surface area contributed by atoms with Crippen LogP contribution in [0.15, 0.2) is 12.1 Å². The summed E-state index contributed by atoms with van der Waals surface area (Å²) in [6, 6.07) is 4.23. The topological polar surface area (TPSA) is 55.4 Å². The molecular formula is C13H22O6Si. The molecule has 0 fully saturated rings. The van der Waals surface area contributed by atoms with Gasteiger partial charge in [0.15, 0.2) is 11.5 Å². The van der Waals surface area contributed by atoms with Crippen molar-refractivity contribution in [2.24, 2.45) is 0 Å². The lowest BCUT2D eigenvalue weighted by Crippen LogP contribution is -2.45. The van der Waals surface area contributed by atoms with Crippen LogP contribution in [0.3, 0.4) is 0 Å². The third-order valence-electron chi connectivity index (χ3n) is 3.08. The molecule has 0 spiro atoms. The van der Waals surface area contributed by atoms with Crippen molar-refractivity contribution in [1.29, 1.82) is 0 Å². The first kappa shape index (κ1) is 16.8. The van der Waals surface area contributed by atoms with E-state index < -0.39 is 8.80 Å². The SMILES string of the molecule is COc1cc(C[Si](OC)(OC)OC)cc(OC)c1OC. The molecular weight excluding hydrogens is 280 g/mol. The lowest BCUT2D eigenvalue weighted by molar-refractivity contribution is 0.122. The Bertz CT molecular complexity index is 400. The number of benzene rings is 1. The Hall–Kier alpha value is -1.28. The largest absolute Gasteiger partial charge is 0.504 e. The first-order chi connectivity index (χ1) is 9.59. The molecule has 0 aliphatic carbocycles. The number of ether oxygens (including phenoxy) is 3. The van der Waals surface area contributed by atoms with E-state index in [0.29, 0.717) is 23.3 Å². The first-order valence-electron chi connectivity index (χ1n) is 6.04. The van der Waals surface area contributed by atoms with Crippen LogP contribution in [0.4, 0.5) is 0 Å². The van der Waals surface area contributed by atoms with Gasteiger partial charge in [-0.1, -0.05) is 0 Å². The molecule has 0 atom stereocenters. The van der Waals surface area contributed by atoms with Gasteiger partial charge in [-0.3, -0.25) is 0 Å². The van der Waals surface area contributed by atoms with E-state index in [1.807, 2.05) is 12.1 Å². The Balaban J connectivity index is 3.19. The maximum absolute atomic E-state index is 5.43.